The molecule has 1 aromatic rings. The van der Waals surface area contributed by atoms with E-state index in [4.69, 9.17) is 14.6 Å². The van der Waals surface area contributed by atoms with E-state index in [0.29, 0.717) is 11.5 Å². The molecule has 0 atom stereocenters. The Balaban J connectivity index is 2.55. The zero-order valence-electron chi connectivity index (χ0n) is 18.5. The van der Waals surface area contributed by atoms with Gasteiger partial charge < -0.3 is 14.6 Å². The summed E-state index contributed by atoms with van der Waals surface area (Å²) in [5.74, 6) is 1.03. The van der Waals surface area contributed by atoms with Crippen molar-refractivity contribution in [3.63, 3.8) is 0 Å². The molecule has 0 bridgehead atoms. The van der Waals surface area contributed by atoms with E-state index >= 15 is 0 Å². The van der Waals surface area contributed by atoms with Crippen LogP contribution in [0.15, 0.2) is 48.1 Å². The van der Waals surface area contributed by atoms with Gasteiger partial charge in [-0.15, -0.1) is 0 Å². The lowest BCUT2D eigenvalue weighted by Gasteiger charge is -2.33. The third-order valence-corrected chi connectivity index (χ3v) is 4.85. The normalized spacial score (nSPS) is 16.5. The van der Waals surface area contributed by atoms with Crippen LogP contribution in [0.5, 0.6) is 11.5 Å². The fourth-order valence-electron chi connectivity index (χ4n) is 3.49. The molecule has 2 rings (SSSR count). The smallest absolute Gasteiger partial charge is 0.328 e. The maximum absolute atomic E-state index is 10.8. The maximum Gasteiger partial charge on any atom is 0.328 e. The number of allylic oxidation sites excluding steroid dienone is 6. The second-order valence-corrected chi connectivity index (χ2v) is 8.14. The lowest BCUT2D eigenvalue weighted by Crippen LogP contribution is -2.29. The molecule has 1 heterocycles. The molecule has 0 fully saturated rings. The highest BCUT2D eigenvalue weighted by atomic mass is 16.5. The Hall–Kier alpha value is -2.75. The number of fused-ring (bicyclic) bond motifs is 1. The quantitative estimate of drug-likeness (QED) is 0.435. The van der Waals surface area contributed by atoms with Crippen LogP contribution in [0.3, 0.4) is 0 Å². The Bertz CT molecular complexity index is 896. The first-order valence-electron chi connectivity index (χ1n) is 10.0. The number of benzene rings is 1. The number of carboxylic acids is 1. The molecule has 1 aliphatic heterocycles. The molecule has 0 unspecified atom stereocenters. The third-order valence-electron chi connectivity index (χ3n) is 4.85. The van der Waals surface area contributed by atoms with E-state index in [2.05, 4.69) is 46.8 Å². The van der Waals surface area contributed by atoms with Crippen LogP contribution in [-0.2, 0) is 4.79 Å². The summed E-state index contributed by atoms with van der Waals surface area (Å²) in [6, 6.07) is 4.13. The molecule has 1 N–H and O–H groups in total. The molecular formula is C25H32O4. The fourth-order valence-corrected chi connectivity index (χ4v) is 3.49. The molecule has 4 heteroatoms. The van der Waals surface area contributed by atoms with Crippen molar-refractivity contribution in [3.05, 3.63) is 59.2 Å². The SMILES string of the molecule is CC/C(=C/C=C/C(C)=C/C(=O)O)c1cc2c(cc1OC)OC(C)(C)C=C2C(C)C. The Kier molecular flexibility index (Phi) is 7.12. The number of ether oxygens (including phenoxy) is 2. The van der Waals surface area contributed by atoms with Gasteiger partial charge in [-0.05, 0) is 62.0 Å². The van der Waals surface area contributed by atoms with Crippen LogP contribution in [0.25, 0.3) is 11.1 Å². The van der Waals surface area contributed by atoms with Crippen LogP contribution in [0.1, 0.15) is 59.1 Å². The summed E-state index contributed by atoms with van der Waals surface area (Å²) in [5, 5.41) is 8.84. The summed E-state index contributed by atoms with van der Waals surface area (Å²) in [6.07, 6.45) is 9.88. The van der Waals surface area contributed by atoms with Gasteiger partial charge in [-0.1, -0.05) is 39.0 Å². The number of carbonyl (C=O) groups is 1. The summed E-state index contributed by atoms with van der Waals surface area (Å²) in [4.78, 5) is 10.8. The van der Waals surface area contributed by atoms with Gasteiger partial charge in [0.15, 0.2) is 0 Å². The van der Waals surface area contributed by atoms with Gasteiger partial charge in [0.25, 0.3) is 0 Å². The topological polar surface area (TPSA) is 55.8 Å². The molecule has 0 amide bonds. The van der Waals surface area contributed by atoms with Gasteiger partial charge >= 0.3 is 5.97 Å². The molecule has 0 radical (unpaired) electrons. The first kappa shape index (κ1) is 22.5. The molecule has 29 heavy (non-hydrogen) atoms. The van der Waals surface area contributed by atoms with Crippen molar-refractivity contribution >= 4 is 17.1 Å². The maximum atomic E-state index is 10.8. The molecule has 1 aromatic carbocycles. The number of hydrogen-bond acceptors (Lipinski definition) is 3. The first-order valence-corrected chi connectivity index (χ1v) is 10.0. The molecule has 4 nitrogen and oxygen atoms in total. The van der Waals surface area contributed by atoms with Crippen LogP contribution in [0, 0.1) is 5.92 Å². The minimum absolute atomic E-state index is 0.362. The average Bonchev–Trinajstić information content (AvgIpc) is 2.62. The van der Waals surface area contributed by atoms with Gasteiger partial charge in [0, 0.05) is 23.3 Å². The summed E-state index contributed by atoms with van der Waals surface area (Å²) in [7, 11) is 1.67. The van der Waals surface area contributed by atoms with Crippen molar-refractivity contribution < 1.29 is 19.4 Å². The predicted octanol–water partition coefficient (Wildman–Crippen LogP) is 6.29. The van der Waals surface area contributed by atoms with E-state index in [1.807, 2.05) is 18.2 Å². The predicted molar refractivity (Wildman–Crippen MR) is 119 cm³/mol. The highest BCUT2D eigenvalue weighted by Gasteiger charge is 2.29. The molecule has 0 aliphatic carbocycles. The van der Waals surface area contributed by atoms with Gasteiger partial charge in [-0.25, -0.2) is 4.79 Å². The standard InChI is InChI=1S/C25H32O4/c1-8-18(11-9-10-17(4)12-24(26)27)19-13-20-21(16(2)3)15-25(5,6)29-23(20)14-22(19)28-7/h9-16H,8H2,1-7H3,(H,26,27)/b10-9+,17-12+,18-11-. The molecule has 0 saturated heterocycles. The number of carboxylic acid groups (broad SMARTS) is 1. The molecule has 1 aliphatic rings. The molecular weight excluding hydrogens is 364 g/mol. The Morgan fingerprint density at radius 3 is 2.55 bits per heavy atom. The van der Waals surface area contributed by atoms with Crippen molar-refractivity contribution in [1.82, 2.24) is 0 Å². The second-order valence-electron chi connectivity index (χ2n) is 8.14. The summed E-state index contributed by atoms with van der Waals surface area (Å²) >= 11 is 0. The van der Waals surface area contributed by atoms with E-state index in [1.54, 1.807) is 20.1 Å². The Labute approximate surface area is 174 Å². The van der Waals surface area contributed by atoms with Crippen LogP contribution < -0.4 is 9.47 Å². The molecule has 0 spiro atoms. The van der Waals surface area contributed by atoms with Gasteiger partial charge in [-0.2, -0.15) is 0 Å². The molecule has 156 valence electrons. The number of methoxy groups -OCH3 is 1. The molecule has 0 saturated carbocycles. The summed E-state index contributed by atoms with van der Waals surface area (Å²) in [5.41, 5.74) is 4.82. The van der Waals surface area contributed by atoms with Crippen LogP contribution in [-0.4, -0.2) is 23.8 Å². The number of aliphatic carboxylic acids is 1. The minimum atomic E-state index is -0.945. The monoisotopic (exact) mass is 396 g/mol. The third kappa shape index (κ3) is 5.63. The fraction of sp³-hybridized carbons (Fsp3) is 0.400. The van der Waals surface area contributed by atoms with E-state index < -0.39 is 5.97 Å². The number of hydrogen-bond donors (Lipinski definition) is 1. The van der Waals surface area contributed by atoms with Crippen molar-refractivity contribution in [3.8, 4) is 11.5 Å². The van der Waals surface area contributed by atoms with Gasteiger partial charge in [0.1, 0.15) is 17.1 Å². The highest BCUT2D eigenvalue weighted by Crippen LogP contribution is 2.44. The zero-order valence-corrected chi connectivity index (χ0v) is 18.5. The Morgan fingerprint density at radius 1 is 1.31 bits per heavy atom. The average molecular weight is 397 g/mol. The van der Waals surface area contributed by atoms with Gasteiger partial charge in [0.05, 0.1) is 7.11 Å². The van der Waals surface area contributed by atoms with Crippen LogP contribution >= 0.6 is 0 Å². The first-order chi connectivity index (χ1) is 13.6. The minimum Gasteiger partial charge on any atom is -0.496 e. The molecule has 0 aromatic heterocycles. The van der Waals surface area contributed by atoms with E-state index in [9.17, 15) is 4.79 Å². The number of rotatable bonds is 7. The largest absolute Gasteiger partial charge is 0.496 e. The van der Waals surface area contributed by atoms with Crippen molar-refractivity contribution in [2.24, 2.45) is 5.92 Å². The van der Waals surface area contributed by atoms with Crippen molar-refractivity contribution in [2.45, 2.75) is 53.6 Å². The zero-order chi connectivity index (χ0) is 21.8. The highest BCUT2D eigenvalue weighted by molar-refractivity contribution is 5.82. The van der Waals surface area contributed by atoms with Crippen molar-refractivity contribution in [2.75, 3.05) is 7.11 Å². The summed E-state index contributed by atoms with van der Waals surface area (Å²) in [6.45, 7) is 12.4. The van der Waals surface area contributed by atoms with Gasteiger partial charge in [-0.3, -0.25) is 0 Å². The van der Waals surface area contributed by atoms with E-state index in [-0.39, 0.29) is 5.60 Å². The van der Waals surface area contributed by atoms with E-state index in [1.165, 1.54) is 11.6 Å². The lowest BCUT2D eigenvalue weighted by molar-refractivity contribution is -0.131. The Morgan fingerprint density at radius 2 is 2.00 bits per heavy atom. The lowest BCUT2D eigenvalue weighted by atomic mass is 9.86. The van der Waals surface area contributed by atoms with Crippen LogP contribution in [0.2, 0.25) is 0 Å². The van der Waals surface area contributed by atoms with Crippen molar-refractivity contribution in [1.29, 1.82) is 0 Å². The van der Waals surface area contributed by atoms with Gasteiger partial charge in [0.2, 0.25) is 0 Å². The van der Waals surface area contributed by atoms with Crippen LogP contribution in [0.4, 0.5) is 0 Å². The van der Waals surface area contributed by atoms with E-state index in [0.717, 1.165) is 34.6 Å². The summed E-state index contributed by atoms with van der Waals surface area (Å²) < 4.78 is 11.9. The second kappa shape index (κ2) is 9.17.